The van der Waals surface area contributed by atoms with E-state index in [4.69, 9.17) is 22.1 Å². The number of benzene rings is 2. The summed E-state index contributed by atoms with van der Waals surface area (Å²) in [6.45, 7) is 0. The maximum atomic E-state index is 5.93. The van der Waals surface area contributed by atoms with E-state index < -0.39 is 0 Å². The Morgan fingerprint density at radius 1 is 1.09 bits per heavy atom. The SMILES string of the molecule is COc1ccccc1-c1cc(Nc2ccc(Cl)c(N)c2)ncn1. The number of hydrogen-bond acceptors (Lipinski definition) is 5. The molecule has 3 aromatic rings. The number of nitrogens with one attached hydrogen (secondary N) is 1. The molecule has 0 atom stereocenters. The van der Waals surface area contributed by atoms with Gasteiger partial charge in [-0.3, -0.25) is 0 Å². The van der Waals surface area contributed by atoms with E-state index in [-0.39, 0.29) is 0 Å². The summed E-state index contributed by atoms with van der Waals surface area (Å²) in [5, 5.41) is 3.71. The fourth-order valence-electron chi connectivity index (χ4n) is 2.20. The molecule has 0 amide bonds. The molecule has 1 aromatic heterocycles. The number of nitrogens with zero attached hydrogens (tertiary/aromatic N) is 2. The van der Waals surface area contributed by atoms with Gasteiger partial charge in [0.2, 0.25) is 0 Å². The Hall–Kier alpha value is -2.79. The average Bonchev–Trinajstić information content (AvgIpc) is 2.58. The van der Waals surface area contributed by atoms with Crippen LogP contribution < -0.4 is 15.8 Å². The van der Waals surface area contributed by atoms with Crippen molar-refractivity contribution in [1.29, 1.82) is 0 Å². The van der Waals surface area contributed by atoms with E-state index in [0.29, 0.717) is 16.5 Å². The van der Waals surface area contributed by atoms with Gasteiger partial charge in [-0.1, -0.05) is 23.7 Å². The summed E-state index contributed by atoms with van der Waals surface area (Å²) in [5.41, 5.74) is 8.79. The first-order valence-corrected chi connectivity index (χ1v) is 7.32. The minimum absolute atomic E-state index is 0.510. The Kier molecular flexibility index (Phi) is 4.30. The van der Waals surface area contributed by atoms with E-state index in [1.165, 1.54) is 6.33 Å². The highest BCUT2D eigenvalue weighted by molar-refractivity contribution is 6.33. The van der Waals surface area contributed by atoms with Crippen molar-refractivity contribution in [2.24, 2.45) is 0 Å². The summed E-state index contributed by atoms with van der Waals surface area (Å²) < 4.78 is 5.37. The highest BCUT2D eigenvalue weighted by atomic mass is 35.5. The number of para-hydroxylation sites is 1. The van der Waals surface area contributed by atoms with Crippen LogP contribution in [0.5, 0.6) is 5.75 Å². The van der Waals surface area contributed by atoms with Gasteiger partial charge in [-0.05, 0) is 30.3 Å². The molecule has 116 valence electrons. The van der Waals surface area contributed by atoms with Crippen LogP contribution in [0.4, 0.5) is 17.2 Å². The van der Waals surface area contributed by atoms with Crippen LogP contribution in [0.3, 0.4) is 0 Å². The molecule has 6 heteroatoms. The van der Waals surface area contributed by atoms with Crippen molar-refractivity contribution < 1.29 is 4.74 Å². The molecule has 0 fully saturated rings. The summed E-state index contributed by atoms with van der Waals surface area (Å²) >= 11 is 5.93. The van der Waals surface area contributed by atoms with E-state index >= 15 is 0 Å². The molecule has 0 saturated carbocycles. The summed E-state index contributed by atoms with van der Waals surface area (Å²) in [6.07, 6.45) is 1.50. The van der Waals surface area contributed by atoms with Crippen LogP contribution in [0.25, 0.3) is 11.3 Å². The number of methoxy groups -OCH3 is 1. The minimum Gasteiger partial charge on any atom is -0.496 e. The molecule has 1 heterocycles. The molecule has 0 aliphatic heterocycles. The smallest absolute Gasteiger partial charge is 0.134 e. The molecule has 0 unspecified atom stereocenters. The lowest BCUT2D eigenvalue weighted by molar-refractivity contribution is 0.416. The number of aromatic nitrogens is 2. The van der Waals surface area contributed by atoms with Gasteiger partial charge < -0.3 is 15.8 Å². The van der Waals surface area contributed by atoms with Gasteiger partial charge in [-0.2, -0.15) is 0 Å². The van der Waals surface area contributed by atoms with Crippen molar-refractivity contribution in [1.82, 2.24) is 9.97 Å². The molecule has 0 aliphatic carbocycles. The van der Waals surface area contributed by atoms with E-state index in [2.05, 4.69) is 15.3 Å². The van der Waals surface area contributed by atoms with Gasteiger partial charge in [0.25, 0.3) is 0 Å². The number of ether oxygens (including phenoxy) is 1. The molecular weight excluding hydrogens is 312 g/mol. The predicted molar refractivity (Wildman–Crippen MR) is 93.2 cm³/mol. The van der Waals surface area contributed by atoms with Gasteiger partial charge in [0.1, 0.15) is 17.9 Å². The van der Waals surface area contributed by atoms with E-state index in [1.54, 1.807) is 19.2 Å². The lowest BCUT2D eigenvalue weighted by Gasteiger charge is -2.10. The van der Waals surface area contributed by atoms with E-state index in [0.717, 1.165) is 22.7 Å². The number of anilines is 3. The first-order chi connectivity index (χ1) is 11.2. The number of halogens is 1. The van der Waals surface area contributed by atoms with Gasteiger partial charge in [0.15, 0.2) is 0 Å². The van der Waals surface area contributed by atoms with E-state index in [9.17, 15) is 0 Å². The number of nitrogens with two attached hydrogens (primary N) is 1. The lowest BCUT2D eigenvalue weighted by Crippen LogP contribution is -1.97. The molecule has 23 heavy (non-hydrogen) atoms. The first-order valence-electron chi connectivity index (χ1n) is 6.95. The van der Waals surface area contributed by atoms with Gasteiger partial charge in [-0.25, -0.2) is 9.97 Å². The second-order valence-electron chi connectivity index (χ2n) is 4.85. The zero-order chi connectivity index (χ0) is 16.2. The molecule has 3 rings (SSSR count). The van der Waals surface area contributed by atoms with Crippen molar-refractivity contribution in [3.05, 3.63) is 59.9 Å². The maximum Gasteiger partial charge on any atom is 0.134 e. The first kappa shape index (κ1) is 15.1. The van der Waals surface area contributed by atoms with E-state index in [1.807, 2.05) is 36.4 Å². The number of hydrogen-bond donors (Lipinski definition) is 2. The predicted octanol–water partition coefficient (Wildman–Crippen LogP) is 4.13. The summed E-state index contributed by atoms with van der Waals surface area (Å²) in [5.74, 6) is 1.41. The van der Waals surface area contributed by atoms with Crippen molar-refractivity contribution in [2.75, 3.05) is 18.2 Å². The zero-order valence-corrected chi connectivity index (χ0v) is 13.2. The topological polar surface area (TPSA) is 73.1 Å². The van der Waals surface area contributed by atoms with Crippen LogP contribution in [0.15, 0.2) is 54.9 Å². The zero-order valence-electron chi connectivity index (χ0n) is 12.5. The average molecular weight is 327 g/mol. The Morgan fingerprint density at radius 3 is 2.70 bits per heavy atom. The third-order valence-electron chi connectivity index (χ3n) is 3.32. The molecule has 2 aromatic carbocycles. The van der Waals surface area contributed by atoms with Gasteiger partial charge >= 0.3 is 0 Å². The fraction of sp³-hybridized carbons (Fsp3) is 0.0588. The van der Waals surface area contributed by atoms with Crippen LogP contribution >= 0.6 is 11.6 Å². The molecule has 5 nitrogen and oxygen atoms in total. The molecule has 0 bridgehead atoms. The van der Waals surface area contributed by atoms with Crippen LogP contribution in [-0.2, 0) is 0 Å². The Labute approximate surface area is 139 Å². The lowest BCUT2D eigenvalue weighted by atomic mass is 10.1. The standard InChI is InChI=1S/C17H15ClN4O/c1-23-16-5-3-2-4-12(16)15-9-17(21-10-20-15)22-11-6-7-13(18)14(19)8-11/h2-10H,19H2,1H3,(H,20,21,22). The maximum absolute atomic E-state index is 5.93. The molecule has 3 N–H and O–H groups in total. The highest BCUT2D eigenvalue weighted by Crippen LogP contribution is 2.30. The Bertz CT molecular complexity index is 838. The second kappa shape index (κ2) is 6.54. The monoisotopic (exact) mass is 326 g/mol. The normalized spacial score (nSPS) is 10.3. The Morgan fingerprint density at radius 2 is 1.91 bits per heavy atom. The van der Waals surface area contributed by atoms with Crippen LogP contribution in [0.1, 0.15) is 0 Å². The third-order valence-corrected chi connectivity index (χ3v) is 3.66. The molecule has 0 spiro atoms. The van der Waals surface area contributed by atoms with Gasteiger partial charge in [0, 0.05) is 17.3 Å². The number of rotatable bonds is 4. The van der Waals surface area contributed by atoms with Crippen LogP contribution in [0, 0.1) is 0 Å². The minimum atomic E-state index is 0.510. The molecule has 0 aliphatic rings. The molecule has 0 radical (unpaired) electrons. The number of nitrogen functional groups attached to an aromatic ring is 1. The van der Waals surface area contributed by atoms with Crippen molar-refractivity contribution in [3.8, 4) is 17.0 Å². The highest BCUT2D eigenvalue weighted by Gasteiger charge is 2.08. The van der Waals surface area contributed by atoms with Crippen molar-refractivity contribution in [3.63, 3.8) is 0 Å². The van der Waals surface area contributed by atoms with Gasteiger partial charge in [-0.15, -0.1) is 0 Å². The third kappa shape index (κ3) is 3.35. The summed E-state index contributed by atoms with van der Waals surface area (Å²) in [7, 11) is 1.63. The van der Waals surface area contributed by atoms with Crippen LogP contribution in [-0.4, -0.2) is 17.1 Å². The quantitative estimate of drug-likeness (QED) is 0.705. The largest absolute Gasteiger partial charge is 0.496 e. The van der Waals surface area contributed by atoms with Crippen LogP contribution in [0.2, 0.25) is 5.02 Å². The van der Waals surface area contributed by atoms with Crippen molar-refractivity contribution >= 4 is 28.8 Å². The molecular formula is C17H15ClN4O. The van der Waals surface area contributed by atoms with Crippen molar-refractivity contribution in [2.45, 2.75) is 0 Å². The summed E-state index contributed by atoms with van der Waals surface area (Å²) in [6, 6.07) is 14.9. The molecule has 0 saturated heterocycles. The fourth-order valence-corrected chi connectivity index (χ4v) is 2.32. The van der Waals surface area contributed by atoms with Gasteiger partial charge in [0.05, 0.1) is 23.5 Å². The second-order valence-corrected chi connectivity index (χ2v) is 5.26. The Balaban J connectivity index is 1.92. The summed E-state index contributed by atoms with van der Waals surface area (Å²) in [4.78, 5) is 8.55.